The Balaban J connectivity index is 2.19. The molecule has 0 heterocycles. The predicted octanol–water partition coefficient (Wildman–Crippen LogP) is 3.61. The topological polar surface area (TPSA) is 18.5 Å². The molecule has 1 atom stereocenters. The van der Waals surface area contributed by atoms with Crippen LogP contribution in [0.1, 0.15) is 18.9 Å². The molecule has 0 amide bonds. The zero-order valence-electron chi connectivity index (χ0n) is 12.2. The van der Waals surface area contributed by atoms with Gasteiger partial charge in [-0.2, -0.15) is 0 Å². The van der Waals surface area contributed by atoms with Gasteiger partial charge in [-0.25, -0.2) is 0 Å². The van der Waals surface area contributed by atoms with Crippen molar-refractivity contribution in [2.24, 2.45) is 0 Å². The minimum Gasteiger partial charge on any atom is -0.394 e. The molecule has 0 N–H and O–H groups in total. The Morgan fingerprint density at radius 2 is 1.50 bits per heavy atom. The quantitative estimate of drug-likeness (QED) is 0.724. The molecule has 0 aliphatic carbocycles. The van der Waals surface area contributed by atoms with Crippen LogP contribution in [-0.2, 0) is 15.5 Å². The Labute approximate surface area is 122 Å². The Morgan fingerprint density at radius 1 is 0.900 bits per heavy atom. The van der Waals surface area contributed by atoms with Gasteiger partial charge in [0.15, 0.2) is 0 Å². The minimum absolute atomic E-state index is 0.607. The maximum absolute atomic E-state index is 6.31. The summed E-state index contributed by atoms with van der Waals surface area (Å²) in [7, 11) is -0.551. The van der Waals surface area contributed by atoms with Crippen molar-refractivity contribution in [2.45, 2.75) is 26.0 Å². The molecule has 2 aromatic rings. The monoisotopic (exact) mass is 286 g/mol. The van der Waals surface area contributed by atoms with Crippen LogP contribution in [0, 0.1) is 0 Å². The molecule has 0 bridgehead atoms. The highest BCUT2D eigenvalue weighted by Gasteiger charge is 2.38. The van der Waals surface area contributed by atoms with E-state index in [-0.39, 0.29) is 0 Å². The first-order valence-corrected chi connectivity index (χ1v) is 9.11. The van der Waals surface area contributed by atoms with Gasteiger partial charge < -0.3 is 8.85 Å². The fourth-order valence-corrected chi connectivity index (χ4v) is 5.29. The summed E-state index contributed by atoms with van der Waals surface area (Å²) in [5.41, 5.74) is 1.19. The molecule has 0 aliphatic rings. The molecule has 2 aromatic carbocycles. The summed E-state index contributed by atoms with van der Waals surface area (Å²) in [6, 6.07) is 21.6. The number of benzene rings is 2. The first kappa shape index (κ1) is 15.0. The normalized spacial score (nSPS) is 13.9. The van der Waals surface area contributed by atoms with Gasteiger partial charge in [-0.15, -0.1) is 0 Å². The van der Waals surface area contributed by atoms with E-state index in [4.69, 9.17) is 8.85 Å². The predicted molar refractivity (Wildman–Crippen MR) is 85.2 cm³/mol. The number of rotatable bonds is 7. The summed E-state index contributed by atoms with van der Waals surface area (Å²) in [6.45, 7) is 2.78. The van der Waals surface area contributed by atoms with Crippen molar-refractivity contribution in [2.75, 3.05) is 7.11 Å². The molecule has 20 heavy (non-hydrogen) atoms. The van der Waals surface area contributed by atoms with Gasteiger partial charge in [0, 0.05) is 7.11 Å². The summed E-state index contributed by atoms with van der Waals surface area (Å²) in [6.07, 6.45) is 1.06. The van der Waals surface area contributed by atoms with Gasteiger partial charge in [-0.3, -0.25) is 0 Å². The Morgan fingerprint density at radius 3 is 2.05 bits per heavy atom. The molecule has 0 saturated carbocycles. The fourth-order valence-electron chi connectivity index (χ4n) is 2.37. The summed E-state index contributed by atoms with van der Waals surface area (Å²) < 4.78 is 12.2. The maximum Gasteiger partial charge on any atom is 0.372 e. The smallest absolute Gasteiger partial charge is 0.372 e. The third-order valence-corrected chi connectivity index (χ3v) is 7.08. The van der Waals surface area contributed by atoms with Crippen LogP contribution in [-0.4, -0.2) is 15.7 Å². The van der Waals surface area contributed by atoms with Crippen molar-refractivity contribution in [3.05, 3.63) is 66.2 Å². The average Bonchev–Trinajstić information content (AvgIpc) is 2.53. The Bertz CT molecular complexity index is 501. The molecule has 3 heteroatoms. The van der Waals surface area contributed by atoms with Gasteiger partial charge in [0.1, 0.15) is 0 Å². The second-order valence-electron chi connectivity index (χ2n) is 4.85. The van der Waals surface area contributed by atoms with Gasteiger partial charge in [0.25, 0.3) is 0 Å². The SMILES string of the molecule is CCC[Si](OC)(OCc1ccccc1)c1ccccc1. The molecule has 0 aliphatic heterocycles. The third kappa shape index (κ3) is 3.57. The maximum atomic E-state index is 6.31. The first-order chi connectivity index (χ1) is 9.80. The second kappa shape index (κ2) is 7.38. The van der Waals surface area contributed by atoms with Crippen LogP contribution in [0.5, 0.6) is 0 Å². The van der Waals surface area contributed by atoms with Crippen molar-refractivity contribution < 1.29 is 8.85 Å². The van der Waals surface area contributed by atoms with Crippen molar-refractivity contribution >= 4 is 13.7 Å². The van der Waals surface area contributed by atoms with Crippen molar-refractivity contribution in [1.82, 2.24) is 0 Å². The van der Waals surface area contributed by atoms with E-state index >= 15 is 0 Å². The van der Waals surface area contributed by atoms with Crippen LogP contribution in [0.3, 0.4) is 0 Å². The van der Waals surface area contributed by atoms with Gasteiger partial charge in [-0.1, -0.05) is 74.0 Å². The highest BCUT2D eigenvalue weighted by atomic mass is 28.4. The second-order valence-corrected chi connectivity index (χ2v) is 8.13. The standard InChI is InChI=1S/C17H22O2Si/c1-3-14-20(18-2,17-12-8-5-9-13-17)19-15-16-10-6-4-7-11-16/h4-13H,3,14-15H2,1-2H3. The van der Waals surface area contributed by atoms with Gasteiger partial charge in [0.05, 0.1) is 6.61 Å². The lowest BCUT2D eigenvalue weighted by molar-refractivity contribution is 0.201. The van der Waals surface area contributed by atoms with Crippen LogP contribution in [0.25, 0.3) is 0 Å². The van der Waals surface area contributed by atoms with Crippen LogP contribution in [0.15, 0.2) is 60.7 Å². The first-order valence-electron chi connectivity index (χ1n) is 7.09. The van der Waals surface area contributed by atoms with Gasteiger partial charge in [-0.05, 0) is 16.8 Å². The van der Waals surface area contributed by atoms with Gasteiger partial charge >= 0.3 is 8.56 Å². The zero-order valence-corrected chi connectivity index (χ0v) is 13.2. The van der Waals surface area contributed by atoms with Crippen LogP contribution in [0.2, 0.25) is 6.04 Å². The van der Waals surface area contributed by atoms with E-state index in [2.05, 4.69) is 43.3 Å². The van der Waals surface area contributed by atoms with E-state index in [9.17, 15) is 0 Å². The lowest BCUT2D eigenvalue weighted by Gasteiger charge is -2.29. The number of hydrogen-bond acceptors (Lipinski definition) is 2. The van der Waals surface area contributed by atoms with E-state index in [0.717, 1.165) is 12.5 Å². The highest BCUT2D eigenvalue weighted by Crippen LogP contribution is 2.18. The molecule has 0 radical (unpaired) electrons. The lowest BCUT2D eigenvalue weighted by atomic mass is 10.2. The molecule has 0 saturated heterocycles. The Kier molecular flexibility index (Phi) is 5.53. The third-order valence-electron chi connectivity index (χ3n) is 3.44. The number of hydrogen-bond donors (Lipinski definition) is 0. The summed E-state index contributed by atoms with van der Waals surface area (Å²) >= 11 is 0. The largest absolute Gasteiger partial charge is 0.394 e. The average molecular weight is 286 g/mol. The summed E-state index contributed by atoms with van der Waals surface area (Å²) in [5, 5.41) is 1.21. The van der Waals surface area contributed by atoms with Crippen molar-refractivity contribution in [3.63, 3.8) is 0 Å². The fraction of sp³-hybridized carbons (Fsp3) is 0.294. The lowest BCUT2D eigenvalue weighted by Crippen LogP contribution is -2.52. The van der Waals surface area contributed by atoms with Gasteiger partial charge in [0.2, 0.25) is 0 Å². The van der Waals surface area contributed by atoms with E-state index in [1.54, 1.807) is 7.11 Å². The highest BCUT2D eigenvalue weighted by molar-refractivity contribution is 6.81. The summed E-state index contributed by atoms with van der Waals surface area (Å²) in [5.74, 6) is 0. The molecule has 106 valence electrons. The van der Waals surface area contributed by atoms with E-state index < -0.39 is 8.56 Å². The van der Waals surface area contributed by atoms with E-state index in [1.165, 1.54) is 10.8 Å². The molecule has 2 rings (SSSR count). The molecule has 1 unspecified atom stereocenters. The van der Waals surface area contributed by atoms with Crippen LogP contribution < -0.4 is 5.19 Å². The van der Waals surface area contributed by atoms with Crippen molar-refractivity contribution in [1.29, 1.82) is 0 Å². The van der Waals surface area contributed by atoms with E-state index in [0.29, 0.717) is 6.61 Å². The summed E-state index contributed by atoms with van der Waals surface area (Å²) in [4.78, 5) is 0. The molecule has 0 spiro atoms. The molecular formula is C17H22O2Si. The van der Waals surface area contributed by atoms with E-state index in [1.807, 2.05) is 24.3 Å². The van der Waals surface area contributed by atoms with Crippen LogP contribution >= 0.6 is 0 Å². The van der Waals surface area contributed by atoms with Crippen LogP contribution in [0.4, 0.5) is 0 Å². The Hall–Kier alpha value is -1.42. The zero-order chi connectivity index (χ0) is 14.3. The molecule has 0 aromatic heterocycles. The molecular weight excluding hydrogens is 264 g/mol. The molecule has 2 nitrogen and oxygen atoms in total. The van der Waals surface area contributed by atoms with Crippen molar-refractivity contribution in [3.8, 4) is 0 Å². The minimum atomic E-state index is -2.33. The molecule has 0 fully saturated rings.